The van der Waals surface area contributed by atoms with Crippen LogP contribution in [0.3, 0.4) is 0 Å². The highest BCUT2D eigenvalue weighted by atomic mass is 32.1. The van der Waals surface area contributed by atoms with E-state index in [1.54, 1.807) is 24.7 Å². The van der Waals surface area contributed by atoms with Crippen molar-refractivity contribution in [2.75, 3.05) is 0 Å². The first kappa shape index (κ1) is 15.4. The molecule has 0 bridgehead atoms. The molecule has 2 aromatic heterocycles. The summed E-state index contributed by atoms with van der Waals surface area (Å²) in [6, 6.07) is -0.0270. The maximum atomic E-state index is 12.3. The normalized spacial score (nSPS) is 12.8. The largest absolute Gasteiger partial charge is 0.480 e. The SMILES string of the molecule is Cc1nn(C)c2sc(C(=O)NC(CC(F)F)C(=O)O)cc12. The molecule has 1 unspecified atom stereocenters. The van der Waals surface area contributed by atoms with E-state index in [0.717, 1.165) is 27.2 Å². The zero-order chi connectivity index (χ0) is 15.7. The van der Waals surface area contributed by atoms with Crippen LogP contribution in [0.1, 0.15) is 21.8 Å². The number of amides is 1. The molecule has 2 rings (SSSR count). The summed E-state index contributed by atoms with van der Waals surface area (Å²) in [6.07, 6.45) is -3.73. The lowest BCUT2D eigenvalue weighted by Gasteiger charge is -2.13. The number of thiophene rings is 1. The average Bonchev–Trinajstić information content (AvgIpc) is 2.91. The zero-order valence-electron chi connectivity index (χ0n) is 11.3. The number of alkyl halides is 2. The van der Waals surface area contributed by atoms with Gasteiger partial charge in [-0.15, -0.1) is 11.3 Å². The molecule has 2 heterocycles. The number of carboxylic acids is 1. The third-order valence-corrected chi connectivity index (χ3v) is 4.14. The maximum Gasteiger partial charge on any atom is 0.326 e. The van der Waals surface area contributed by atoms with E-state index in [1.807, 2.05) is 0 Å². The number of nitrogens with zero attached hydrogens (tertiary/aromatic N) is 2. The molecule has 0 radical (unpaired) electrons. The van der Waals surface area contributed by atoms with Crippen LogP contribution < -0.4 is 5.32 Å². The predicted octanol–water partition coefficient (Wildman–Crippen LogP) is 1.78. The summed E-state index contributed by atoms with van der Waals surface area (Å²) in [7, 11) is 1.73. The number of hydrogen-bond donors (Lipinski definition) is 2. The van der Waals surface area contributed by atoms with Crippen molar-refractivity contribution in [3.8, 4) is 0 Å². The summed E-state index contributed by atoms with van der Waals surface area (Å²) in [5.74, 6) is -2.16. The van der Waals surface area contributed by atoms with Crippen LogP contribution in [0, 0.1) is 6.92 Å². The summed E-state index contributed by atoms with van der Waals surface area (Å²) >= 11 is 1.13. The van der Waals surface area contributed by atoms with Crippen LogP contribution in [0.5, 0.6) is 0 Å². The molecule has 0 aliphatic carbocycles. The highest BCUT2D eigenvalue weighted by Crippen LogP contribution is 2.27. The Morgan fingerprint density at radius 1 is 1.52 bits per heavy atom. The Balaban J connectivity index is 2.21. The van der Waals surface area contributed by atoms with E-state index in [9.17, 15) is 18.4 Å². The summed E-state index contributed by atoms with van der Waals surface area (Å²) in [6.45, 7) is 1.79. The second-order valence-electron chi connectivity index (χ2n) is 4.53. The Morgan fingerprint density at radius 2 is 2.19 bits per heavy atom. The van der Waals surface area contributed by atoms with Crippen molar-refractivity contribution >= 4 is 33.4 Å². The molecular weight excluding hydrogens is 304 g/mol. The first-order chi connectivity index (χ1) is 9.79. The quantitative estimate of drug-likeness (QED) is 0.880. The monoisotopic (exact) mass is 317 g/mol. The summed E-state index contributed by atoms with van der Waals surface area (Å²) in [5, 5.41) is 15.9. The Hall–Kier alpha value is -2.03. The minimum Gasteiger partial charge on any atom is -0.480 e. The molecule has 0 saturated heterocycles. The lowest BCUT2D eigenvalue weighted by Crippen LogP contribution is -2.41. The number of carboxylic acid groups (broad SMARTS) is 1. The van der Waals surface area contributed by atoms with Crippen LogP contribution in [-0.2, 0) is 11.8 Å². The van der Waals surface area contributed by atoms with Crippen molar-refractivity contribution in [1.29, 1.82) is 0 Å². The molecular formula is C12H13F2N3O3S. The molecule has 9 heteroatoms. The van der Waals surface area contributed by atoms with Gasteiger partial charge < -0.3 is 10.4 Å². The number of aliphatic carboxylic acids is 1. The van der Waals surface area contributed by atoms with Gasteiger partial charge in [0.2, 0.25) is 6.43 Å². The van der Waals surface area contributed by atoms with Gasteiger partial charge in [0.15, 0.2) is 0 Å². The summed E-state index contributed by atoms with van der Waals surface area (Å²) < 4.78 is 26.2. The summed E-state index contributed by atoms with van der Waals surface area (Å²) in [5.41, 5.74) is 0.741. The minimum absolute atomic E-state index is 0.265. The molecule has 6 nitrogen and oxygen atoms in total. The molecule has 0 aliphatic rings. The van der Waals surface area contributed by atoms with Crippen LogP contribution in [-0.4, -0.2) is 39.2 Å². The highest BCUT2D eigenvalue weighted by Gasteiger charge is 2.25. The number of aromatic nitrogens is 2. The second kappa shape index (κ2) is 5.76. The van der Waals surface area contributed by atoms with Crippen molar-refractivity contribution in [2.45, 2.75) is 25.8 Å². The van der Waals surface area contributed by atoms with Gasteiger partial charge in [-0.05, 0) is 13.0 Å². The Morgan fingerprint density at radius 3 is 2.71 bits per heavy atom. The number of aryl methyl sites for hydroxylation is 2. The number of fused-ring (bicyclic) bond motifs is 1. The number of rotatable bonds is 5. The first-order valence-electron chi connectivity index (χ1n) is 6.04. The molecule has 2 N–H and O–H groups in total. The molecule has 0 aliphatic heterocycles. The van der Waals surface area contributed by atoms with Gasteiger partial charge in [0.05, 0.1) is 10.6 Å². The Bertz CT molecular complexity index is 661. The van der Waals surface area contributed by atoms with Gasteiger partial charge in [0.25, 0.3) is 5.91 Å². The number of nitrogens with one attached hydrogen (secondary N) is 1. The van der Waals surface area contributed by atoms with Crippen LogP contribution in [0.4, 0.5) is 8.78 Å². The van der Waals surface area contributed by atoms with Crippen molar-refractivity contribution in [3.63, 3.8) is 0 Å². The molecule has 0 aromatic carbocycles. The van der Waals surface area contributed by atoms with Crippen LogP contribution >= 0.6 is 11.3 Å². The molecule has 1 atom stereocenters. The fourth-order valence-electron chi connectivity index (χ4n) is 1.95. The number of carbonyl (C=O) groups is 2. The van der Waals surface area contributed by atoms with E-state index in [-0.39, 0.29) is 4.88 Å². The van der Waals surface area contributed by atoms with Crippen LogP contribution in [0.25, 0.3) is 10.2 Å². The number of carbonyl (C=O) groups excluding carboxylic acids is 1. The van der Waals surface area contributed by atoms with Gasteiger partial charge >= 0.3 is 5.97 Å². The molecule has 2 aromatic rings. The van der Waals surface area contributed by atoms with Gasteiger partial charge in [0.1, 0.15) is 10.9 Å². The topological polar surface area (TPSA) is 84.2 Å². The van der Waals surface area contributed by atoms with E-state index in [0.29, 0.717) is 0 Å². The van der Waals surface area contributed by atoms with Gasteiger partial charge in [-0.2, -0.15) is 5.10 Å². The zero-order valence-corrected chi connectivity index (χ0v) is 12.1. The van der Waals surface area contributed by atoms with E-state index in [1.165, 1.54) is 0 Å². The third kappa shape index (κ3) is 3.18. The Labute approximate surface area is 122 Å². The smallest absolute Gasteiger partial charge is 0.326 e. The third-order valence-electron chi connectivity index (χ3n) is 2.94. The molecule has 0 fully saturated rings. The lowest BCUT2D eigenvalue weighted by atomic mass is 10.2. The van der Waals surface area contributed by atoms with Gasteiger partial charge in [-0.25, -0.2) is 13.6 Å². The lowest BCUT2D eigenvalue weighted by molar-refractivity contribution is -0.140. The molecule has 114 valence electrons. The fourth-order valence-corrected chi connectivity index (χ4v) is 2.97. The van der Waals surface area contributed by atoms with Gasteiger partial charge in [0, 0.05) is 18.9 Å². The molecule has 21 heavy (non-hydrogen) atoms. The van der Waals surface area contributed by atoms with Crippen molar-refractivity contribution in [3.05, 3.63) is 16.6 Å². The van der Waals surface area contributed by atoms with Gasteiger partial charge in [-0.1, -0.05) is 0 Å². The van der Waals surface area contributed by atoms with E-state index >= 15 is 0 Å². The maximum absolute atomic E-state index is 12.3. The van der Waals surface area contributed by atoms with Crippen LogP contribution in [0.2, 0.25) is 0 Å². The standard InChI is InChI=1S/C12H13F2N3O3S/c1-5-6-3-8(21-11(6)17(2)16-5)10(18)15-7(12(19)20)4-9(13)14/h3,7,9H,4H2,1-2H3,(H,15,18)(H,19,20). The fraction of sp³-hybridized carbons (Fsp3) is 0.417. The van der Waals surface area contributed by atoms with E-state index in [2.05, 4.69) is 10.4 Å². The summed E-state index contributed by atoms with van der Waals surface area (Å²) in [4.78, 5) is 23.9. The number of halogens is 2. The number of hydrogen-bond acceptors (Lipinski definition) is 4. The highest BCUT2D eigenvalue weighted by molar-refractivity contribution is 7.20. The van der Waals surface area contributed by atoms with Crippen LogP contribution in [0.15, 0.2) is 6.07 Å². The first-order valence-corrected chi connectivity index (χ1v) is 6.86. The minimum atomic E-state index is -2.81. The van der Waals surface area contributed by atoms with Gasteiger partial charge in [-0.3, -0.25) is 9.48 Å². The molecule has 0 saturated carbocycles. The average molecular weight is 317 g/mol. The predicted molar refractivity (Wildman–Crippen MR) is 72.8 cm³/mol. The Kier molecular flexibility index (Phi) is 4.21. The van der Waals surface area contributed by atoms with Crippen molar-refractivity contribution in [2.24, 2.45) is 7.05 Å². The van der Waals surface area contributed by atoms with E-state index < -0.39 is 30.8 Å². The second-order valence-corrected chi connectivity index (χ2v) is 5.56. The molecule has 0 spiro atoms. The van der Waals surface area contributed by atoms with E-state index in [4.69, 9.17) is 5.11 Å². The van der Waals surface area contributed by atoms with Crippen molar-refractivity contribution < 1.29 is 23.5 Å². The molecule has 1 amide bonds. The van der Waals surface area contributed by atoms with Crippen molar-refractivity contribution in [1.82, 2.24) is 15.1 Å².